The molecule has 0 aliphatic heterocycles. The molecule has 1 atom stereocenters. The van der Waals surface area contributed by atoms with Crippen LogP contribution in [0.1, 0.15) is 26.3 Å². The number of rotatable bonds is 5. The summed E-state index contributed by atoms with van der Waals surface area (Å²) in [5, 5.41) is 0. The second-order valence-electron chi connectivity index (χ2n) is 4.29. The average molecular weight is 253 g/mol. The molecule has 4 heteroatoms. The molecule has 94 valence electrons. The van der Waals surface area contributed by atoms with Gasteiger partial charge in [0.1, 0.15) is 16.5 Å². The van der Waals surface area contributed by atoms with Crippen molar-refractivity contribution in [2.45, 2.75) is 26.9 Å². The van der Waals surface area contributed by atoms with Gasteiger partial charge in [-0.3, -0.25) is 0 Å². The zero-order chi connectivity index (χ0) is 13.0. The largest absolute Gasteiger partial charge is 0.497 e. The fourth-order valence-electron chi connectivity index (χ4n) is 1.27. The van der Waals surface area contributed by atoms with E-state index in [1.807, 2.05) is 25.1 Å². The van der Waals surface area contributed by atoms with Crippen molar-refractivity contribution in [1.29, 1.82) is 0 Å². The molecule has 0 spiro atoms. The van der Waals surface area contributed by atoms with Crippen molar-refractivity contribution in [2.75, 3.05) is 7.11 Å². The van der Waals surface area contributed by atoms with Gasteiger partial charge in [-0.05, 0) is 25.0 Å². The Morgan fingerprint density at radius 2 is 1.94 bits per heavy atom. The summed E-state index contributed by atoms with van der Waals surface area (Å²) >= 11 is 5.00. The van der Waals surface area contributed by atoms with E-state index in [1.165, 1.54) is 0 Å². The third-order valence-electron chi connectivity index (χ3n) is 2.71. The minimum Gasteiger partial charge on any atom is -0.497 e. The standard InChI is InChI=1S/C13H19NO2S/c1-8(2)9(3)16-12-7-10(15-4)5-6-11(12)13(14)17/h5-9H,1-4H3,(H2,14,17). The lowest BCUT2D eigenvalue weighted by molar-refractivity contribution is 0.169. The van der Waals surface area contributed by atoms with Crippen LogP contribution in [0.15, 0.2) is 18.2 Å². The van der Waals surface area contributed by atoms with Crippen molar-refractivity contribution in [3.05, 3.63) is 23.8 Å². The van der Waals surface area contributed by atoms with E-state index in [2.05, 4.69) is 13.8 Å². The van der Waals surface area contributed by atoms with E-state index in [9.17, 15) is 0 Å². The second-order valence-corrected chi connectivity index (χ2v) is 4.73. The SMILES string of the molecule is COc1ccc(C(N)=S)c(OC(C)C(C)C)c1. The van der Waals surface area contributed by atoms with Gasteiger partial charge in [-0.1, -0.05) is 26.1 Å². The van der Waals surface area contributed by atoms with Gasteiger partial charge in [-0.2, -0.15) is 0 Å². The molecule has 0 fully saturated rings. The van der Waals surface area contributed by atoms with Gasteiger partial charge in [0.2, 0.25) is 0 Å². The lowest BCUT2D eigenvalue weighted by Crippen LogP contribution is -2.21. The lowest BCUT2D eigenvalue weighted by Gasteiger charge is -2.20. The van der Waals surface area contributed by atoms with Crippen molar-refractivity contribution in [2.24, 2.45) is 11.7 Å². The van der Waals surface area contributed by atoms with Gasteiger partial charge in [0, 0.05) is 6.07 Å². The minimum atomic E-state index is 0.0928. The first kappa shape index (κ1) is 13.8. The zero-order valence-electron chi connectivity index (χ0n) is 10.7. The van der Waals surface area contributed by atoms with Crippen LogP contribution in [0.2, 0.25) is 0 Å². The fourth-order valence-corrected chi connectivity index (χ4v) is 1.44. The molecule has 2 N–H and O–H groups in total. The van der Waals surface area contributed by atoms with Gasteiger partial charge >= 0.3 is 0 Å². The number of hydrogen-bond donors (Lipinski definition) is 1. The molecule has 0 heterocycles. The highest BCUT2D eigenvalue weighted by molar-refractivity contribution is 7.80. The Labute approximate surface area is 108 Å². The number of ether oxygens (including phenoxy) is 2. The Hall–Kier alpha value is -1.29. The molecule has 0 amide bonds. The number of benzene rings is 1. The first-order valence-electron chi connectivity index (χ1n) is 5.60. The van der Waals surface area contributed by atoms with Crippen LogP contribution in [0, 0.1) is 5.92 Å². The summed E-state index contributed by atoms with van der Waals surface area (Å²) in [5.74, 6) is 1.83. The van der Waals surface area contributed by atoms with E-state index in [0.717, 1.165) is 11.3 Å². The number of nitrogens with two attached hydrogens (primary N) is 1. The molecular formula is C13H19NO2S. The van der Waals surface area contributed by atoms with Gasteiger partial charge in [0.05, 0.1) is 18.8 Å². The van der Waals surface area contributed by atoms with Crippen LogP contribution in [0.5, 0.6) is 11.5 Å². The third-order valence-corrected chi connectivity index (χ3v) is 2.93. The van der Waals surface area contributed by atoms with Crippen LogP contribution < -0.4 is 15.2 Å². The summed E-state index contributed by atoms with van der Waals surface area (Å²) in [7, 11) is 1.62. The van der Waals surface area contributed by atoms with E-state index in [4.69, 9.17) is 27.4 Å². The van der Waals surface area contributed by atoms with E-state index < -0.39 is 0 Å². The first-order chi connectivity index (χ1) is 7.95. The fraction of sp³-hybridized carbons (Fsp3) is 0.462. The predicted molar refractivity (Wildman–Crippen MR) is 73.8 cm³/mol. The topological polar surface area (TPSA) is 44.5 Å². The quantitative estimate of drug-likeness (QED) is 0.820. The summed E-state index contributed by atoms with van der Waals surface area (Å²) in [6, 6.07) is 5.46. The molecule has 0 saturated carbocycles. The van der Waals surface area contributed by atoms with Crippen molar-refractivity contribution in [3.8, 4) is 11.5 Å². The Morgan fingerprint density at radius 1 is 1.29 bits per heavy atom. The van der Waals surface area contributed by atoms with E-state index in [0.29, 0.717) is 16.7 Å². The molecule has 0 radical (unpaired) electrons. The summed E-state index contributed by atoms with van der Waals surface area (Å²) in [5.41, 5.74) is 6.41. The van der Waals surface area contributed by atoms with Crippen LogP contribution in [-0.4, -0.2) is 18.2 Å². The summed E-state index contributed by atoms with van der Waals surface area (Å²) in [4.78, 5) is 0.332. The maximum absolute atomic E-state index is 5.86. The van der Waals surface area contributed by atoms with Gasteiger partial charge in [-0.15, -0.1) is 0 Å². The molecule has 17 heavy (non-hydrogen) atoms. The van der Waals surface area contributed by atoms with Crippen molar-refractivity contribution in [1.82, 2.24) is 0 Å². The van der Waals surface area contributed by atoms with E-state index >= 15 is 0 Å². The molecule has 0 saturated heterocycles. The smallest absolute Gasteiger partial charge is 0.133 e. The van der Waals surface area contributed by atoms with Crippen LogP contribution in [-0.2, 0) is 0 Å². The molecule has 0 aliphatic carbocycles. The molecule has 3 nitrogen and oxygen atoms in total. The van der Waals surface area contributed by atoms with Crippen molar-refractivity contribution >= 4 is 17.2 Å². The van der Waals surface area contributed by atoms with Crippen molar-refractivity contribution < 1.29 is 9.47 Å². The minimum absolute atomic E-state index is 0.0928. The Balaban J connectivity index is 3.05. The van der Waals surface area contributed by atoms with Crippen molar-refractivity contribution in [3.63, 3.8) is 0 Å². The summed E-state index contributed by atoms with van der Waals surface area (Å²) in [6.07, 6.45) is 0.0928. The van der Waals surface area contributed by atoms with Gasteiger partial charge in [-0.25, -0.2) is 0 Å². The molecule has 0 bridgehead atoms. The number of thiocarbonyl (C=S) groups is 1. The second kappa shape index (κ2) is 5.87. The lowest BCUT2D eigenvalue weighted by atomic mass is 10.1. The van der Waals surface area contributed by atoms with Crippen LogP contribution in [0.3, 0.4) is 0 Å². The molecule has 1 rings (SSSR count). The Kier molecular flexibility index (Phi) is 4.75. The van der Waals surface area contributed by atoms with Crippen LogP contribution in [0.25, 0.3) is 0 Å². The number of hydrogen-bond acceptors (Lipinski definition) is 3. The normalized spacial score (nSPS) is 12.3. The maximum atomic E-state index is 5.86. The Bertz CT molecular complexity index is 404. The molecule has 1 aromatic carbocycles. The average Bonchev–Trinajstić information content (AvgIpc) is 2.28. The van der Waals surface area contributed by atoms with E-state index in [-0.39, 0.29) is 6.10 Å². The monoisotopic (exact) mass is 253 g/mol. The molecule has 1 unspecified atom stereocenters. The highest BCUT2D eigenvalue weighted by atomic mass is 32.1. The number of methoxy groups -OCH3 is 1. The Morgan fingerprint density at radius 3 is 2.41 bits per heavy atom. The van der Waals surface area contributed by atoms with Crippen LogP contribution >= 0.6 is 12.2 Å². The summed E-state index contributed by atoms with van der Waals surface area (Å²) < 4.78 is 11.0. The molecule has 1 aromatic rings. The molecular weight excluding hydrogens is 234 g/mol. The maximum Gasteiger partial charge on any atom is 0.133 e. The highest BCUT2D eigenvalue weighted by Crippen LogP contribution is 2.26. The van der Waals surface area contributed by atoms with Gasteiger partial charge in [0.15, 0.2) is 0 Å². The molecule has 0 aromatic heterocycles. The highest BCUT2D eigenvalue weighted by Gasteiger charge is 2.14. The first-order valence-corrected chi connectivity index (χ1v) is 6.01. The zero-order valence-corrected chi connectivity index (χ0v) is 11.5. The third kappa shape index (κ3) is 3.60. The summed E-state index contributed by atoms with van der Waals surface area (Å²) in [6.45, 7) is 6.23. The molecule has 0 aliphatic rings. The van der Waals surface area contributed by atoms with E-state index in [1.54, 1.807) is 7.11 Å². The van der Waals surface area contributed by atoms with Gasteiger partial charge in [0.25, 0.3) is 0 Å². The van der Waals surface area contributed by atoms with Crippen LogP contribution in [0.4, 0.5) is 0 Å². The van der Waals surface area contributed by atoms with Gasteiger partial charge < -0.3 is 15.2 Å². The predicted octanol–water partition coefficient (Wildman–Crippen LogP) is 2.75.